The molecule has 0 saturated carbocycles. The summed E-state index contributed by atoms with van der Waals surface area (Å²) in [6, 6.07) is 0. The number of aromatic nitrogens is 5. The summed E-state index contributed by atoms with van der Waals surface area (Å²) in [5, 5.41) is 16.1. The Labute approximate surface area is 42.9 Å². The summed E-state index contributed by atoms with van der Waals surface area (Å²) in [7, 11) is 0. The molecule has 0 amide bonds. The molecule has 40 valence electrons. The zero-order valence-corrected chi connectivity index (χ0v) is 3.70. The summed E-state index contributed by atoms with van der Waals surface area (Å²) in [5.41, 5.74) is 0.745. The van der Waals surface area contributed by atoms with Crippen LogP contribution in [0.25, 0.3) is 11.4 Å². The summed E-state index contributed by atoms with van der Waals surface area (Å²) < 4.78 is 4.49. The van der Waals surface area contributed by atoms with Crippen LogP contribution in [0.5, 0.6) is 0 Å². The van der Waals surface area contributed by atoms with Crippen LogP contribution in [0.1, 0.15) is 0 Å². The van der Waals surface area contributed by atoms with Crippen molar-refractivity contribution in [1.29, 1.82) is 0 Å². The molecule has 1 N–H and O–H groups in total. The molecule has 0 aromatic carbocycles. The molecule has 0 aliphatic heterocycles. The number of hydrogen-bond acceptors (Lipinski definition) is 5. The Kier molecular flexibility index (Phi) is 0.454. The number of rotatable bonds is 0. The van der Waals surface area contributed by atoms with E-state index < -0.39 is 0 Å². The molecule has 0 unspecified atom stereocenters. The van der Waals surface area contributed by atoms with Gasteiger partial charge in [-0.25, -0.2) is 0 Å². The molecule has 2 heterocycles. The molecule has 0 fully saturated rings. The fourth-order valence-corrected chi connectivity index (χ4v) is 0.440. The second kappa shape index (κ2) is 1.03. The van der Waals surface area contributed by atoms with Crippen molar-refractivity contribution in [3.05, 3.63) is 0 Å². The van der Waals surface area contributed by atoms with Gasteiger partial charge in [-0.15, -0.1) is 10.2 Å². The highest BCUT2D eigenvalue weighted by molar-refractivity contribution is 5.58. The number of nitrogens with one attached hydrogen (secondary N) is 1. The largest absolute Gasteiger partial charge is 0.317 e. The Bertz CT molecular complexity index is 232. The van der Waals surface area contributed by atoms with Crippen molar-refractivity contribution in [3.63, 3.8) is 0 Å². The molecule has 2 rings (SSSR count). The molecule has 2 aromatic rings. The second-order valence-corrected chi connectivity index (χ2v) is 1.23. The summed E-state index contributed by atoms with van der Waals surface area (Å²) in [5.74, 6) is 0. The van der Waals surface area contributed by atoms with Crippen molar-refractivity contribution in [2.45, 2.75) is 0 Å². The first-order valence-electron chi connectivity index (χ1n) is 1.95. The van der Waals surface area contributed by atoms with Gasteiger partial charge < -0.3 is 4.52 Å². The van der Waals surface area contributed by atoms with Gasteiger partial charge in [0.25, 0.3) is 5.65 Å². The van der Waals surface area contributed by atoms with Crippen LogP contribution in [0, 0.1) is 0 Å². The van der Waals surface area contributed by atoms with Crippen LogP contribution in [0.2, 0.25) is 0 Å². The SMILES string of the molecule is n1nc2n[nH]nc2o1. The Morgan fingerprint density at radius 1 is 1.38 bits per heavy atom. The lowest BCUT2D eigenvalue weighted by atomic mass is 10.8. The number of nitrogens with zero attached hydrogens (tertiary/aromatic N) is 4. The van der Waals surface area contributed by atoms with E-state index in [1.807, 2.05) is 0 Å². The third kappa shape index (κ3) is 0.269. The van der Waals surface area contributed by atoms with Crippen LogP contribution in [0.4, 0.5) is 0 Å². The normalized spacial score (nSPS) is 10.5. The van der Waals surface area contributed by atoms with Crippen molar-refractivity contribution in [1.82, 2.24) is 25.8 Å². The Morgan fingerprint density at radius 2 is 2.38 bits per heavy atom. The van der Waals surface area contributed by atoms with Crippen LogP contribution in [-0.4, -0.2) is 25.8 Å². The lowest BCUT2D eigenvalue weighted by Crippen LogP contribution is -1.70. The number of fused-ring (bicyclic) bond motifs is 1. The van der Waals surface area contributed by atoms with E-state index in [4.69, 9.17) is 0 Å². The maximum atomic E-state index is 4.49. The molecular weight excluding hydrogens is 110 g/mol. The number of H-pyrrole nitrogens is 1. The molecule has 6 nitrogen and oxygen atoms in total. The fraction of sp³-hybridized carbons (Fsp3) is 0. The fourth-order valence-electron chi connectivity index (χ4n) is 0.440. The highest BCUT2D eigenvalue weighted by atomic mass is 16.5. The maximum Gasteiger partial charge on any atom is 0.317 e. The van der Waals surface area contributed by atoms with Gasteiger partial charge in [0.05, 0.1) is 0 Å². The molecule has 0 saturated heterocycles. The van der Waals surface area contributed by atoms with E-state index in [2.05, 4.69) is 30.3 Å². The first-order chi connectivity index (χ1) is 3.97. The Hall–Kier alpha value is -1.46. The van der Waals surface area contributed by atoms with Gasteiger partial charge in [0, 0.05) is 5.27 Å². The highest BCUT2D eigenvalue weighted by Crippen LogP contribution is 1.97. The minimum absolute atomic E-state index is 0.338. The van der Waals surface area contributed by atoms with E-state index in [0.29, 0.717) is 11.4 Å². The number of aromatic amines is 1. The van der Waals surface area contributed by atoms with Crippen molar-refractivity contribution in [3.8, 4) is 0 Å². The summed E-state index contributed by atoms with van der Waals surface area (Å²) in [4.78, 5) is 0. The van der Waals surface area contributed by atoms with Gasteiger partial charge in [0.15, 0.2) is 0 Å². The van der Waals surface area contributed by atoms with Crippen LogP contribution in [0.15, 0.2) is 4.52 Å². The molecule has 0 atom stereocenters. The van der Waals surface area contributed by atoms with Crippen molar-refractivity contribution in [2.75, 3.05) is 0 Å². The maximum absolute atomic E-state index is 4.49. The molecular formula is C2HN5O. The van der Waals surface area contributed by atoms with Gasteiger partial charge >= 0.3 is 5.71 Å². The lowest BCUT2D eigenvalue weighted by molar-refractivity contribution is 0.414. The van der Waals surface area contributed by atoms with E-state index in [-0.39, 0.29) is 0 Å². The average Bonchev–Trinajstić information content (AvgIpc) is 2.15. The van der Waals surface area contributed by atoms with E-state index in [9.17, 15) is 0 Å². The molecule has 0 aliphatic carbocycles. The predicted octanol–water partition coefficient (Wildman–Crippen LogP) is -0.659. The molecule has 0 radical (unpaired) electrons. The van der Waals surface area contributed by atoms with E-state index in [1.165, 1.54) is 0 Å². The summed E-state index contributed by atoms with van der Waals surface area (Å²) in [6.07, 6.45) is 0. The monoisotopic (exact) mass is 111 g/mol. The molecule has 0 spiro atoms. The first kappa shape index (κ1) is 3.53. The van der Waals surface area contributed by atoms with E-state index >= 15 is 0 Å². The molecule has 0 bridgehead atoms. The third-order valence-corrected chi connectivity index (χ3v) is 0.762. The molecule has 2 aromatic heterocycles. The van der Waals surface area contributed by atoms with Crippen molar-refractivity contribution < 1.29 is 4.52 Å². The topological polar surface area (TPSA) is 80.5 Å². The standard InChI is InChI=1S/C2HN5O/c3-1-2(5-6-3)8-7-4-1/h(H,3,5,6). The predicted molar refractivity (Wildman–Crippen MR) is 21.7 cm³/mol. The van der Waals surface area contributed by atoms with Gasteiger partial charge in [0.1, 0.15) is 0 Å². The minimum atomic E-state index is 0.338. The lowest BCUT2D eigenvalue weighted by Gasteiger charge is -1.57. The van der Waals surface area contributed by atoms with Crippen molar-refractivity contribution >= 4 is 11.4 Å². The average molecular weight is 111 g/mol. The minimum Gasteiger partial charge on any atom is -0.312 e. The van der Waals surface area contributed by atoms with Gasteiger partial charge in [0.2, 0.25) is 0 Å². The third-order valence-electron chi connectivity index (χ3n) is 0.762. The highest BCUT2D eigenvalue weighted by Gasteiger charge is 2.00. The van der Waals surface area contributed by atoms with Crippen LogP contribution >= 0.6 is 0 Å². The van der Waals surface area contributed by atoms with E-state index in [1.54, 1.807) is 0 Å². The Balaban J connectivity index is 3.06. The second-order valence-electron chi connectivity index (χ2n) is 1.23. The first-order valence-corrected chi connectivity index (χ1v) is 1.95. The van der Waals surface area contributed by atoms with E-state index in [0.717, 1.165) is 0 Å². The van der Waals surface area contributed by atoms with Crippen LogP contribution in [-0.2, 0) is 0 Å². The number of hydrogen-bond donors (Lipinski definition) is 1. The zero-order chi connectivity index (χ0) is 5.40. The van der Waals surface area contributed by atoms with Gasteiger partial charge in [-0.2, -0.15) is 5.21 Å². The van der Waals surface area contributed by atoms with Gasteiger partial charge in [-0.1, -0.05) is 5.10 Å². The zero-order valence-electron chi connectivity index (χ0n) is 3.70. The summed E-state index contributed by atoms with van der Waals surface area (Å²) in [6.45, 7) is 0. The quantitative estimate of drug-likeness (QED) is 0.488. The van der Waals surface area contributed by atoms with Crippen LogP contribution < -0.4 is 0 Å². The smallest absolute Gasteiger partial charge is 0.312 e. The molecule has 8 heavy (non-hydrogen) atoms. The van der Waals surface area contributed by atoms with Gasteiger partial charge in [-0.05, 0) is 0 Å². The van der Waals surface area contributed by atoms with Crippen molar-refractivity contribution in [2.24, 2.45) is 0 Å². The van der Waals surface area contributed by atoms with Gasteiger partial charge in [-0.3, -0.25) is 0 Å². The summed E-state index contributed by atoms with van der Waals surface area (Å²) >= 11 is 0. The Morgan fingerprint density at radius 3 is 3.25 bits per heavy atom. The van der Waals surface area contributed by atoms with Crippen LogP contribution in [0.3, 0.4) is 0 Å². The molecule has 6 heteroatoms. The molecule has 0 aliphatic rings.